The van der Waals surface area contributed by atoms with E-state index in [0.29, 0.717) is 26.4 Å². The summed E-state index contributed by atoms with van der Waals surface area (Å²) in [5.41, 5.74) is 0. The summed E-state index contributed by atoms with van der Waals surface area (Å²) in [5, 5.41) is 0. The summed E-state index contributed by atoms with van der Waals surface area (Å²) in [4.78, 5) is 14.3. The highest BCUT2D eigenvalue weighted by Gasteiger charge is 2.34. The predicted octanol–water partition coefficient (Wildman–Crippen LogP) is 1.76. The largest absolute Gasteiger partial charge is 0.466 e. The van der Waals surface area contributed by atoms with Gasteiger partial charge in [0.2, 0.25) is 0 Å². The number of hydrogen-bond donors (Lipinski definition) is 0. The molecule has 0 aromatic carbocycles. The minimum absolute atomic E-state index is 0.0465. The lowest BCUT2D eigenvalue weighted by Crippen LogP contribution is -2.42. The molecule has 0 N–H and O–H groups in total. The number of hydrogen-bond acceptors (Lipinski definition) is 7. The second-order valence-corrected chi connectivity index (χ2v) is 7.09. The van der Waals surface area contributed by atoms with Crippen LogP contribution in [0.3, 0.4) is 0 Å². The van der Waals surface area contributed by atoms with Gasteiger partial charge in [-0.1, -0.05) is 0 Å². The zero-order valence-electron chi connectivity index (χ0n) is 13.8. The number of carbonyl (C=O) groups is 1. The third-order valence-corrected chi connectivity index (χ3v) is 5.49. The highest BCUT2D eigenvalue weighted by atomic mass is 31.2. The van der Waals surface area contributed by atoms with Gasteiger partial charge in [0.1, 0.15) is 0 Å². The molecule has 1 unspecified atom stereocenters. The molecule has 7 nitrogen and oxygen atoms in total. The van der Waals surface area contributed by atoms with E-state index in [4.69, 9.17) is 18.5 Å². The van der Waals surface area contributed by atoms with E-state index in [1.165, 1.54) is 0 Å². The third kappa shape index (κ3) is 6.75. The number of nitrogens with zero attached hydrogens (tertiary/aromatic N) is 1. The molecule has 8 heteroatoms. The Morgan fingerprint density at radius 1 is 1.14 bits per heavy atom. The standard InChI is InChI=1S/C14H28NO6P/c1-4-19-14(16)13(11-15-7-9-18-10-8-15)12-22(17,20-5-2)21-6-3/h13H,4-12H2,1-3H3. The number of carbonyl (C=O) groups excluding carboxylic acids is 1. The number of rotatable bonds is 10. The molecule has 1 atom stereocenters. The van der Waals surface area contributed by atoms with Crippen LogP contribution in [-0.4, -0.2) is 69.7 Å². The second-order valence-electron chi connectivity index (χ2n) is 4.99. The molecule has 1 saturated heterocycles. The highest BCUT2D eigenvalue weighted by molar-refractivity contribution is 7.53. The van der Waals surface area contributed by atoms with E-state index in [9.17, 15) is 9.36 Å². The molecule has 0 aromatic rings. The van der Waals surface area contributed by atoms with E-state index in [-0.39, 0.29) is 25.3 Å². The van der Waals surface area contributed by atoms with Gasteiger partial charge in [0, 0.05) is 19.6 Å². The fourth-order valence-corrected chi connectivity index (χ4v) is 4.24. The van der Waals surface area contributed by atoms with E-state index >= 15 is 0 Å². The van der Waals surface area contributed by atoms with Crippen molar-refractivity contribution in [3.05, 3.63) is 0 Å². The van der Waals surface area contributed by atoms with Crippen LogP contribution in [0.2, 0.25) is 0 Å². The summed E-state index contributed by atoms with van der Waals surface area (Å²) in [6.07, 6.45) is 0.0465. The van der Waals surface area contributed by atoms with Gasteiger partial charge in [-0.25, -0.2) is 0 Å². The Bertz CT molecular complexity index is 362. The second kappa shape index (κ2) is 10.3. The average molecular weight is 337 g/mol. The summed E-state index contributed by atoms with van der Waals surface area (Å²) < 4.78 is 33.7. The molecule has 0 saturated carbocycles. The molecule has 1 fully saturated rings. The van der Waals surface area contributed by atoms with Gasteiger partial charge in [-0.3, -0.25) is 14.3 Å². The molecule has 0 aliphatic carbocycles. The van der Waals surface area contributed by atoms with E-state index in [1.807, 2.05) is 0 Å². The molecular weight excluding hydrogens is 309 g/mol. The van der Waals surface area contributed by atoms with E-state index < -0.39 is 13.5 Å². The third-order valence-electron chi connectivity index (χ3n) is 3.30. The van der Waals surface area contributed by atoms with E-state index in [1.54, 1.807) is 20.8 Å². The zero-order valence-corrected chi connectivity index (χ0v) is 14.7. The molecule has 0 amide bonds. The SMILES string of the molecule is CCOC(=O)C(CN1CCOCC1)CP(=O)(OCC)OCC. The first-order valence-electron chi connectivity index (χ1n) is 7.89. The Labute approximate surface area is 132 Å². The predicted molar refractivity (Wildman–Crippen MR) is 83.1 cm³/mol. The Kier molecular flexibility index (Phi) is 9.21. The molecule has 0 bridgehead atoms. The Balaban J connectivity index is 2.74. The molecule has 1 rings (SSSR count). The minimum atomic E-state index is -3.28. The topological polar surface area (TPSA) is 74.3 Å². The van der Waals surface area contributed by atoms with Gasteiger partial charge in [0.15, 0.2) is 0 Å². The smallest absolute Gasteiger partial charge is 0.331 e. The maximum absolute atomic E-state index is 12.7. The Morgan fingerprint density at radius 3 is 2.23 bits per heavy atom. The Hall–Kier alpha value is -0.460. The van der Waals surface area contributed by atoms with Crippen LogP contribution in [0.5, 0.6) is 0 Å². The monoisotopic (exact) mass is 337 g/mol. The normalized spacial score (nSPS) is 18.1. The van der Waals surface area contributed by atoms with Crippen LogP contribution in [0, 0.1) is 5.92 Å². The molecule has 0 spiro atoms. The first-order chi connectivity index (χ1) is 10.5. The molecule has 1 heterocycles. The van der Waals surface area contributed by atoms with Crippen molar-refractivity contribution in [2.24, 2.45) is 5.92 Å². The van der Waals surface area contributed by atoms with Crippen LogP contribution in [0.1, 0.15) is 20.8 Å². The van der Waals surface area contributed by atoms with Crippen molar-refractivity contribution in [2.75, 3.05) is 58.8 Å². The maximum Gasteiger partial charge on any atom is 0.331 e. The summed E-state index contributed by atoms with van der Waals surface area (Å²) in [6, 6.07) is 0. The van der Waals surface area contributed by atoms with Crippen LogP contribution in [0.4, 0.5) is 0 Å². The molecular formula is C14H28NO6P. The van der Waals surface area contributed by atoms with Crippen molar-refractivity contribution in [3.8, 4) is 0 Å². The quantitative estimate of drug-likeness (QED) is 0.444. The maximum atomic E-state index is 12.7. The van der Waals surface area contributed by atoms with Gasteiger partial charge in [0.05, 0.1) is 45.1 Å². The first kappa shape index (κ1) is 19.6. The van der Waals surface area contributed by atoms with Crippen LogP contribution >= 0.6 is 7.60 Å². The van der Waals surface area contributed by atoms with Crippen molar-refractivity contribution in [1.82, 2.24) is 4.90 Å². The van der Waals surface area contributed by atoms with E-state index in [2.05, 4.69) is 4.90 Å². The summed E-state index contributed by atoms with van der Waals surface area (Å²) in [5.74, 6) is -0.879. The lowest BCUT2D eigenvalue weighted by molar-refractivity contribution is -0.148. The van der Waals surface area contributed by atoms with Gasteiger partial charge in [-0.15, -0.1) is 0 Å². The van der Waals surface area contributed by atoms with Crippen LogP contribution < -0.4 is 0 Å². The molecule has 22 heavy (non-hydrogen) atoms. The summed E-state index contributed by atoms with van der Waals surface area (Å²) in [7, 11) is -3.28. The fraction of sp³-hybridized carbons (Fsp3) is 0.929. The zero-order chi connectivity index (χ0) is 16.4. The lowest BCUT2D eigenvalue weighted by atomic mass is 10.1. The van der Waals surface area contributed by atoms with Crippen molar-refractivity contribution in [3.63, 3.8) is 0 Å². The molecule has 1 aliphatic heterocycles. The van der Waals surface area contributed by atoms with E-state index in [0.717, 1.165) is 13.1 Å². The summed E-state index contributed by atoms with van der Waals surface area (Å²) in [6.45, 7) is 9.41. The first-order valence-corrected chi connectivity index (χ1v) is 9.62. The van der Waals surface area contributed by atoms with Gasteiger partial charge in [-0.2, -0.15) is 0 Å². The number of ether oxygens (including phenoxy) is 2. The fourth-order valence-electron chi connectivity index (χ4n) is 2.37. The highest BCUT2D eigenvalue weighted by Crippen LogP contribution is 2.49. The van der Waals surface area contributed by atoms with Crippen LogP contribution in [-0.2, 0) is 27.9 Å². The van der Waals surface area contributed by atoms with Crippen molar-refractivity contribution < 1.29 is 27.9 Å². The minimum Gasteiger partial charge on any atom is -0.466 e. The average Bonchev–Trinajstić information content (AvgIpc) is 2.48. The number of morpholine rings is 1. The Morgan fingerprint density at radius 2 is 1.73 bits per heavy atom. The molecule has 0 radical (unpaired) electrons. The molecule has 0 aromatic heterocycles. The van der Waals surface area contributed by atoms with Crippen molar-refractivity contribution >= 4 is 13.6 Å². The van der Waals surface area contributed by atoms with Gasteiger partial charge >= 0.3 is 13.6 Å². The van der Waals surface area contributed by atoms with Crippen molar-refractivity contribution in [2.45, 2.75) is 20.8 Å². The van der Waals surface area contributed by atoms with Crippen LogP contribution in [0.25, 0.3) is 0 Å². The van der Waals surface area contributed by atoms with Gasteiger partial charge in [-0.05, 0) is 20.8 Å². The van der Waals surface area contributed by atoms with Crippen LogP contribution in [0.15, 0.2) is 0 Å². The molecule has 1 aliphatic rings. The lowest BCUT2D eigenvalue weighted by Gasteiger charge is -2.30. The number of esters is 1. The summed E-state index contributed by atoms with van der Waals surface area (Å²) >= 11 is 0. The molecule has 130 valence electrons. The van der Waals surface area contributed by atoms with Gasteiger partial charge < -0.3 is 18.5 Å². The van der Waals surface area contributed by atoms with Gasteiger partial charge in [0.25, 0.3) is 0 Å². The van der Waals surface area contributed by atoms with Crippen molar-refractivity contribution in [1.29, 1.82) is 0 Å².